The Balaban J connectivity index is 1.28. The zero-order valence-electron chi connectivity index (χ0n) is 20.4. The van der Waals surface area contributed by atoms with E-state index in [4.69, 9.17) is 30.5 Å². The molecule has 0 amide bonds. The lowest BCUT2D eigenvalue weighted by atomic mass is 10.1. The van der Waals surface area contributed by atoms with Crippen molar-refractivity contribution in [3.05, 3.63) is 23.7 Å². The first kappa shape index (κ1) is 23.9. The molecule has 0 radical (unpaired) electrons. The first-order valence-corrected chi connectivity index (χ1v) is 12.3. The summed E-state index contributed by atoms with van der Waals surface area (Å²) in [6.07, 6.45) is 3.73. The van der Waals surface area contributed by atoms with Crippen molar-refractivity contribution >= 4 is 28.6 Å². The Morgan fingerprint density at radius 3 is 2.79 bits per heavy atom. The zero-order valence-corrected chi connectivity index (χ0v) is 21.1. The number of carbonyl (C=O) groups excluding carboxylic acids is 1. The van der Waals surface area contributed by atoms with E-state index in [0.29, 0.717) is 23.8 Å². The summed E-state index contributed by atoms with van der Waals surface area (Å²) < 4.78 is 26.6. The monoisotopic (exact) mass is 492 g/mol. The van der Waals surface area contributed by atoms with Gasteiger partial charge in [0.25, 0.3) is 0 Å². The van der Waals surface area contributed by atoms with Gasteiger partial charge in [-0.2, -0.15) is 0 Å². The first-order valence-electron chi connectivity index (χ1n) is 11.9. The van der Waals surface area contributed by atoms with Crippen molar-refractivity contribution in [2.24, 2.45) is 5.92 Å². The molecule has 5 rings (SSSR count). The summed E-state index contributed by atoms with van der Waals surface area (Å²) in [4.78, 5) is 23.1. The third-order valence-electron chi connectivity index (χ3n) is 6.54. The Kier molecular flexibility index (Phi) is 6.13. The van der Waals surface area contributed by atoms with Gasteiger partial charge in [0, 0.05) is 25.7 Å². The topological polar surface area (TPSA) is 87.9 Å². The highest BCUT2D eigenvalue weighted by atomic mass is 35.5. The van der Waals surface area contributed by atoms with Crippen molar-refractivity contribution in [1.29, 1.82) is 0 Å². The van der Waals surface area contributed by atoms with Gasteiger partial charge in [0.2, 0.25) is 0 Å². The number of carbonyl (C=O) groups is 1. The minimum Gasteiger partial charge on any atom is -0.460 e. The Morgan fingerprint density at radius 2 is 2.03 bits per heavy atom. The number of esters is 1. The Bertz CT molecular complexity index is 1070. The average molecular weight is 493 g/mol. The fourth-order valence-electron chi connectivity index (χ4n) is 5.29. The third-order valence-corrected chi connectivity index (χ3v) is 6.84. The summed E-state index contributed by atoms with van der Waals surface area (Å²) in [5.41, 5.74) is 0.248. The Hall–Kier alpha value is -1.78. The van der Waals surface area contributed by atoms with Gasteiger partial charge in [0.1, 0.15) is 41.0 Å². The van der Waals surface area contributed by atoms with Crippen molar-refractivity contribution in [3.8, 4) is 0 Å². The van der Waals surface area contributed by atoms with Crippen LogP contribution in [-0.4, -0.2) is 74.7 Å². The smallest absolute Gasteiger partial charge is 0.306 e. The number of aromatic nitrogens is 3. The van der Waals surface area contributed by atoms with Crippen LogP contribution < -0.4 is 0 Å². The minimum atomic E-state index is -0.699. The van der Waals surface area contributed by atoms with Crippen LogP contribution in [0.2, 0.25) is 5.15 Å². The quantitative estimate of drug-likeness (QED) is 0.462. The molecule has 9 nitrogen and oxygen atoms in total. The van der Waals surface area contributed by atoms with Gasteiger partial charge in [-0.05, 0) is 59.6 Å². The molecule has 34 heavy (non-hydrogen) atoms. The minimum absolute atomic E-state index is 0.133. The molecule has 5 atom stereocenters. The van der Waals surface area contributed by atoms with Crippen molar-refractivity contribution in [3.63, 3.8) is 0 Å². The van der Waals surface area contributed by atoms with Crippen LogP contribution in [0.15, 0.2) is 18.6 Å². The zero-order chi connectivity index (χ0) is 24.3. The number of rotatable bonds is 5. The van der Waals surface area contributed by atoms with E-state index in [1.807, 2.05) is 51.4 Å². The molecular weight excluding hydrogens is 460 g/mol. The summed E-state index contributed by atoms with van der Waals surface area (Å²) in [5.74, 6) is -0.548. The van der Waals surface area contributed by atoms with E-state index in [-0.39, 0.29) is 36.4 Å². The van der Waals surface area contributed by atoms with Crippen LogP contribution >= 0.6 is 11.6 Å². The molecule has 3 aliphatic rings. The van der Waals surface area contributed by atoms with E-state index in [1.54, 1.807) is 0 Å². The van der Waals surface area contributed by atoms with Crippen LogP contribution in [-0.2, 0) is 23.7 Å². The van der Waals surface area contributed by atoms with Crippen LogP contribution in [0.4, 0.5) is 0 Å². The van der Waals surface area contributed by atoms with Gasteiger partial charge in [0.05, 0.1) is 5.39 Å². The molecule has 10 heteroatoms. The van der Waals surface area contributed by atoms with Gasteiger partial charge in [-0.15, -0.1) is 0 Å². The summed E-state index contributed by atoms with van der Waals surface area (Å²) in [7, 11) is 0. The standard InChI is InChI=1S/C24H33ClN4O5/c1-23(2,3)32-17(30)10-14-6-8-28(11-14)12-16-18-19(34-24(4,5)33-18)22(31-16)29-9-7-15-20(25)26-13-27-21(15)29/h7,9,13-14,16,18-19,22H,6,8,10-12H2,1-5H3/t14?,16-,18-,19-,22-/m1/s1. The molecule has 2 aromatic heterocycles. The normalized spacial score (nSPS) is 31.3. The summed E-state index contributed by atoms with van der Waals surface area (Å²) >= 11 is 6.26. The van der Waals surface area contributed by atoms with Crippen molar-refractivity contribution in [2.75, 3.05) is 19.6 Å². The fraction of sp³-hybridized carbons (Fsp3) is 0.708. The molecular formula is C24H33ClN4O5. The molecule has 0 saturated carbocycles. The molecule has 5 heterocycles. The number of hydrogen-bond donors (Lipinski definition) is 0. The van der Waals surface area contributed by atoms with E-state index in [0.717, 1.165) is 24.9 Å². The molecule has 0 spiro atoms. The van der Waals surface area contributed by atoms with Gasteiger partial charge in [-0.1, -0.05) is 11.6 Å². The van der Waals surface area contributed by atoms with Gasteiger partial charge in [0.15, 0.2) is 12.0 Å². The molecule has 0 aromatic carbocycles. The number of likely N-dealkylation sites (tertiary alicyclic amines) is 1. The maximum atomic E-state index is 12.3. The molecule has 3 fully saturated rings. The fourth-order valence-corrected chi connectivity index (χ4v) is 5.49. The Labute approximate surface area is 204 Å². The van der Waals surface area contributed by atoms with Crippen LogP contribution in [0, 0.1) is 5.92 Å². The van der Waals surface area contributed by atoms with E-state index < -0.39 is 11.4 Å². The Morgan fingerprint density at radius 1 is 1.26 bits per heavy atom. The lowest BCUT2D eigenvalue weighted by molar-refractivity contribution is -0.197. The molecule has 1 unspecified atom stereocenters. The van der Waals surface area contributed by atoms with Crippen molar-refractivity contribution in [2.45, 2.75) is 83.4 Å². The van der Waals surface area contributed by atoms with Crippen LogP contribution in [0.3, 0.4) is 0 Å². The van der Waals surface area contributed by atoms with Crippen LogP contribution in [0.25, 0.3) is 11.0 Å². The van der Waals surface area contributed by atoms with E-state index in [1.165, 1.54) is 6.33 Å². The predicted octanol–water partition coefficient (Wildman–Crippen LogP) is 3.56. The second-order valence-electron chi connectivity index (χ2n) is 11.0. The number of ether oxygens (including phenoxy) is 4. The number of fused-ring (bicyclic) bond motifs is 2. The predicted molar refractivity (Wildman–Crippen MR) is 125 cm³/mol. The van der Waals surface area contributed by atoms with E-state index in [9.17, 15) is 4.79 Å². The highest BCUT2D eigenvalue weighted by Crippen LogP contribution is 2.44. The van der Waals surface area contributed by atoms with E-state index in [2.05, 4.69) is 14.9 Å². The number of hydrogen-bond acceptors (Lipinski definition) is 8. The first-order chi connectivity index (χ1) is 16.0. The van der Waals surface area contributed by atoms with Gasteiger partial charge < -0.3 is 28.4 Å². The van der Waals surface area contributed by atoms with Crippen LogP contribution in [0.1, 0.15) is 53.7 Å². The number of nitrogens with zero attached hydrogens (tertiary/aromatic N) is 4. The van der Waals surface area contributed by atoms with Gasteiger partial charge in [-0.3, -0.25) is 4.79 Å². The SMILES string of the molecule is CC(C)(C)OC(=O)CC1CCN(C[C@H]2O[C@@H](n3ccc4c(Cl)ncnc43)[C@@H]3OC(C)(C)O[C@@H]32)C1. The van der Waals surface area contributed by atoms with E-state index >= 15 is 0 Å². The largest absolute Gasteiger partial charge is 0.460 e. The van der Waals surface area contributed by atoms with Crippen molar-refractivity contribution < 1.29 is 23.7 Å². The second-order valence-corrected chi connectivity index (χ2v) is 11.3. The lowest BCUT2D eigenvalue weighted by Crippen LogP contribution is -2.39. The molecule has 0 aliphatic carbocycles. The summed E-state index contributed by atoms with van der Waals surface area (Å²) in [6, 6.07) is 1.89. The lowest BCUT2D eigenvalue weighted by Gasteiger charge is -2.27. The van der Waals surface area contributed by atoms with Crippen LogP contribution in [0.5, 0.6) is 0 Å². The maximum Gasteiger partial charge on any atom is 0.306 e. The average Bonchev–Trinajstić information content (AvgIpc) is 3.45. The third kappa shape index (κ3) is 4.81. The van der Waals surface area contributed by atoms with Gasteiger partial charge >= 0.3 is 5.97 Å². The maximum absolute atomic E-state index is 12.3. The van der Waals surface area contributed by atoms with Crippen molar-refractivity contribution in [1.82, 2.24) is 19.4 Å². The second kappa shape index (κ2) is 8.71. The molecule has 3 aliphatic heterocycles. The molecule has 3 saturated heterocycles. The molecule has 0 N–H and O–H groups in total. The highest BCUT2D eigenvalue weighted by molar-refractivity contribution is 6.33. The molecule has 0 bridgehead atoms. The highest BCUT2D eigenvalue weighted by Gasteiger charge is 2.56. The molecule has 2 aromatic rings. The van der Waals surface area contributed by atoms with Gasteiger partial charge in [-0.25, -0.2) is 9.97 Å². The summed E-state index contributed by atoms with van der Waals surface area (Å²) in [5, 5.41) is 1.18. The number of halogens is 1. The summed E-state index contributed by atoms with van der Waals surface area (Å²) in [6.45, 7) is 12.0. The molecule has 186 valence electrons.